The molecule has 3 aromatic carbocycles. The lowest BCUT2D eigenvalue weighted by molar-refractivity contribution is -0.136. The second kappa shape index (κ2) is 12.1. The minimum Gasteiger partial charge on any atom is -0.489 e. The Labute approximate surface area is 205 Å². The Kier molecular flexibility index (Phi) is 8.99. The smallest absolute Gasteiger partial charge is 0.313 e. The van der Waals surface area contributed by atoms with Crippen LogP contribution in [0, 0.1) is 0 Å². The maximum absolute atomic E-state index is 12.2. The highest BCUT2D eigenvalue weighted by Crippen LogP contribution is 2.17. The van der Waals surface area contributed by atoms with Gasteiger partial charge < -0.3 is 15.4 Å². The number of benzene rings is 3. The maximum Gasteiger partial charge on any atom is 0.313 e. The van der Waals surface area contributed by atoms with Crippen molar-refractivity contribution in [3.8, 4) is 5.75 Å². The van der Waals surface area contributed by atoms with E-state index in [9.17, 15) is 18.0 Å². The molecule has 0 saturated heterocycles. The van der Waals surface area contributed by atoms with Crippen LogP contribution >= 0.6 is 0 Å². The standard InChI is InChI=1S/C26H29N3O5S/c1-19(2)29-35(32,33)24-14-8-20(9-15-24)16-17-27-25(30)26(31)28-22-10-12-23(13-11-22)34-18-21-6-4-3-5-7-21/h3-15,19,29H,16-18H2,1-2H3,(H,27,30)(H,28,31). The lowest BCUT2D eigenvalue weighted by atomic mass is 10.1. The molecule has 35 heavy (non-hydrogen) atoms. The lowest BCUT2D eigenvalue weighted by Gasteiger charge is -2.10. The highest BCUT2D eigenvalue weighted by Gasteiger charge is 2.16. The zero-order chi connectivity index (χ0) is 25.3. The molecule has 9 heteroatoms. The summed E-state index contributed by atoms with van der Waals surface area (Å²) in [6, 6.07) is 22.7. The summed E-state index contributed by atoms with van der Waals surface area (Å²) in [6.07, 6.45) is 0.449. The third-order valence-corrected chi connectivity index (χ3v) is 6.56. The van der Waals surface area contributed by atoms with Crippen molar-refractivity contribution >= 4 is 27.5 Å². The van der Waals surface area contributed by atoms with Crippen LogP contribution in [0.1, 0.15) is 25.0 Å². The molecular formula is C26H29N3O5S. The largest absolute Gasteiger partial charge is 0.489 e. The summed E-state index contributed by atoms with van der Waals surface area (Å²) in [5.74, 6) is -0.881. The van der Waals surface area contributed by atoms with Crippen LogP contribution in [0.2, 0.25) is 0 Å². The first kappa shape index (κ1) is 25.9. The zero-order valence-electron chi connectivity index (χ0n) is 19.7. The molecule has 0 saturated carbocycles. The van der Waals surface area contributed by atoms with Gasteiger partial charge in [-0.15, -0.1) is 0 Å². The van der Waals surface area contributed by atoms with Crippen LogP contribution in [0.5, 0.6) is 5.75 Å². The van der Waals surface area contributed by atoms with Crippen LogP contribution in [0.25, 0.3) is 0 Å². The SMILES string of the molecule is CC(C)NS(=O)(=O)c1ccc(CCNC(=O)C(=O)Nc2ccc(OCc3ccccc3)cc2)cc1. The normalized spacial score (nSPS) is 11.2. The van der Waals surface area contributed by atoms with E-state index in [1.54, 1.807) is 50.2 Å². The molecule has 2 amide bonds. The van der Waals surface area contributed by atoms with E-state index in [2.05, 4.69) is 15.4 Å². The number of hydrogen-bond acceptors (Lipinski definition) is 5. The first-order valence-corrected chi connectivity index (χ1v) is 12.7. The molecule has 0 fully saturated rings. The molecule has 3 rings (SSSR count). The van der Waals surface area contributed by atoms with Crippen molar-refractivity contribution in [1.82, 2.24) is 10.0 Å². The molecule has 0 aliphatic heterocycles. The van der Waals surface area contributed by atoms with Crippen LogP contribution in [0.3, 0.4) is 0 Å². The number of anilines is 1. The molecule has 0 spiro atoms. The summed E-state index contributed by atoms with van der Waals surface area (Å²) < 4.78 is 32.6. The summed E-state index contributed by atoms with van der Waals surface area (Å²) >= 11 is 0. The Morgan fingerprint density at radius 3 is 2.11 bits per heavy atom. The molecule has 8 nitrogen and oxygen atoms in total. The van der Waals surface area contributed by atoms with E-state index < -0.39 is 21.8 Å². The van der Waals surface area contributed by atoms with Gasteiger partial charge in [-0.05, 0) is 67.8 Å². The van der Waals surface area contributed by atoms with E-state index in [4.69, 9.17) is 4.74 Å². The highest BCUT2D eigenvalue weighted by molar-refractivity contribution is 7.89. The highest BCUT2D eigenvalue weighted by atomic mass is 32.2. The fraction of sp³-hybridized carbons (Fsp3) is 0.231. The van der Waals surface area contributed by atoms with Crippen molar-refractivity contribution in [2.45, 2.75) is 37.8 Å². The van der Waals surface area contributed by atoms with Gasteiger partial charge >= 0.3 is 11.8 Å². The molecule has 0 radical (unpaired) electrons. The average molecular weight is 496 g/mol. The summed E-state index contributed by atoms with van der Waals surface area (Å²) in [5.41, 5.74) is 2.36. The first-order chi connectivity index (χ1) is 16.7. The third-order valence-electron chi connectivity index (χ3n) is 4.89. The molecule has 0 aliphatic rings. The first-order valence-electron chi connectivity index (χ1n) is 11.2. The van der Waals surface area contributed by atoms with Crippen molar-refractivity contribution < 1.29 is 22.7 Å². The maximum atomic E-state index is 12.2. The number of nitrogens with one attached hydrogen (secondary N) is 3. The topological polar surface area (TPSA) is 114 Å². The number of sulfonamides is 1. The number of ether oxygens (including phenoxy) is 1. The summed E-state index contributed by atoms with van der Waals surface area (Å²) in [7, 11) is -3.55. The van der Waals surface area contributed by atoms with E-state index in [0.29, 0.717) is 24.5 Å². The predicted octanol–water partition coefficient (Wildman–Crippen LogP) is 3.25. The number of carbonyl (C=O) groups excluding carboxylic acids is 2. The fourth-order valence-electron chi connectivity index (χ4n) is 3.18. The van der Waals surface area contributed by atoms with Gasteiger partial charge in [-0.2, -0.15) is 0 Å². The van der Waals surface area contributed by atoms with Crippen LogP contribution in [-0.4, -0.2) is 32.8 Å². The molecule has 0 heterocycles. The molecule has 0 unspecified atom stereocenters. The monoisotopic (exact) mass is 495 g/mol. The number of rotatable bonds is 10. The van der Waals surface area contributed by atoms with E-state index >= 15 is 0 Å². The number of hydrogen-bond donors (Lipinski definition) is 3. The Morgan fingerprint density at radius 1 is 0.829 bits per heavy atom. The van der Waals surface area contributed by atoms with Crippen molar-refractivity contribution in [3.05, 3.63) is 90.0 Å². The Balaban J connectivity index is 1.42. The molecule has 0 bridgehead atoms. The Bertz CT molecular complexity index is 1230. The Hall–Kier alpha value is -3.69. The molecule has 0 aromatic heterocycles. The summed E-state index contributed by atoms with van der Waals surface area (Å²) in [4.78, 5) is 24.5. The van der Waals surface area contributed by atoms with E-state index in [1.807, 2.05) is 30.3 Å². The molecule has 0 atom stereocenters. The summed E-state index contributed by atoms with van der Waals surface area (Å²) in [5, 5.41) is 5.12. The minimum absolute atomic E-state index is 0.176. The third kappa shape index (κ3) is 8.24. The second-order valence-corrected chi connectivity index (χ2v) is 9.89. The molecule has 3 aromatic rings. The molecule has 0 aliphatic carbocycles. The van der Waals surface area contributed by atoms with Crippen LogP contribution < -0.4 is 20.1 Å². The van der Waals surface area contributed by atoms with Crippen molar-refractivity contribution in [3.63, 3.8) is 0 Å². The van der Waals surface area contributed by atoms with E-state index in [-0.39, 0.29) is 17.5 Å². The van der Waals surface area contributed by atoms with E-state index in [1.165, 1.54) is 12.1 Å². The fourth-order valence-corrected chi connectivity index (χ4v) is 4.43. The molecule has 3 N–H and O–H groups in total. The predicted molar refractivity (Wildman–Crippen MR) is 134 cm³/mol. The van der Waals surface area contributed by atoms with Crippen LogP contribution in [0.4, 0.5) is 5.69 Å². The Morgan fingerprint density at radius 2 is 1.49 bits per heavy atom. The molecular weight excluding hydrogens is 466 g/mol. The van der Waals surface area contributed by atoms with Gasteiger partial charge in [0.15, 0.2) is 0 Å². The lowest BCUT2D eigenvalue weighted by Crippen LogP contribution is -2.36. The van der Waals surface area contributed by atoms with E-state index in [0.717, 1.165) is 11.1 Å². The van der Waals surface area contributed by atoms with Crippen molar-refractivity contribution in [1.29, 1.82) is 0 Å². The quantitative estimate of drug-likeness (QED) is 0.374. The molecule has 184 valence electrons. The van der Waals surface area contributed by atoms with Gasteiger partial charge in [0.2, 0.25) is 10.0 Å². The number of carbonyl (C=O) groups is 2. The van der Waals surface area contributed by atoms with Crippen molar-refractivity contribution in [2.24, 2.45) is 0 Å². The van der Waals surface area contributed by atoms with Gasteiger partial charge in [-0.1, -0.05) is 42.5 Å². The summed E-state index contributed by atoms with van der Waals surface area (Å²) in [6.45, 7) is 4.17. The van der Waals surface area contributed by atoms with Gasteiger partial charge in [-0.3, -0.25) is 9.59 Å². The number of amides is 2. The van der Waals surface area contributed by atoms with Gasteiger partial charge in [0.1, 0.15) is 12.4 Å². The van der Waals surface area contributed by atoms with Crippen LogP contribution in [0.15, 0.2) is 83.8 Å². The van der Waals surface area contributed by atoms with Gasteiger partial charge in [0.25, 0.3) is 0 Å². The zero-order valence-corrected chi connectivity index (χ0v) is 20.5. The van der Waals surface area contributed by atoms with Crippen LogP contribution in [-0.2, 0) is 32.6 Å². The average Bonchev–Trinajstić information content (AvgIpc) is 2.83. The van der Waals surface area contributed by atoms with Gasteiger partial charge in [-0.25, -0.2) is 13.1 Å². The van der Waals surface area contributed by atoms with Crippen molar-refractivity contribution in [2.75, 3.05) is 11.9 Å². The second-order valence-electron chi connectivity index (χ2n) is 8.18. The van der Waals surface area contributed by atoms with Gasteiger partial charge in [0.05, 0.1) is 4.90 Å². The van der Waals surface area contributed by atoms with Gasteiger partial charge in [0, 0.05) is 18.3 Å². The minimum atomic E-state index is -3.55.